The van der Waals surface area contributed by atoms with Crippen LogP contribution >= 0.6 is 0 Å². The summed E-state index contributed by atoms with van der Waals surface area (Å²) in [5.74, 6) is -0.541. The van der Waals surface area contributed by atoms with Crippen LogP contribution in [-0.4, -0.2) is 25.8 Å². The molecule has 2 aromatic rings. The molecule has 23 heavy (non-hydrogen) atoms. The van der Waals surface area contributed by atoms with Crippen LogP contribution in [0.4, 0.5) is 11.4 Å². The Hall–Kier alpha value is -3.23. The lowest BCUT2D eigenvalue weighted by Gasteiger charge is -2.04. The van der Waals surface area contributed by atoms with Gasteiger partial charge in [-0.25, -0.2) is 4.79 Å². The van der Waals surface area contributed by atoms with Crippen molar-refractivity contribution in [3.63, 3.8) is 0 Å². The molecular weight excluding hydrogens is 304 g/mol. The zero-order chi connectivity index (χ0) is 17.3. The monoisotopic (exact) mass is 318 g/mol. The van der Waals surface area contributed by atoms with Gasteiger partial charge in [-0.05, 0) is 25.5 Å². The predicted molar refractivity (Wildman–Crippen MR) is 83.8 cm³/mol. The summed E-state index contributed by atoms with van der Waals surface area (Å²) in [6.45, 7) is 3.34. The fraction of sp³-hybridized carbons (Fsp3) is 0.214. The van der Waals surface area contributed by atoms with E-state index >= 15 is 0 Å². The molecule has 2 rings (SSSR count). The fourth-order valence-electron chi connectivity index (χ4n) is 1.97. The van der Waals surface area contributed by atoms with Crippen molar-refractivity contribution >= 4 is 17.6 Å². The van der Waals surface area contributed by atoms with Crippen LogP contribution in [0.2, 0.25) is 0 Å². The van der Waals surface area contributed by atoms with Gasteiger partial charge >= 0.3 is 5.69 Å². The maximum Gasteiger partial charge on any atom is 0.330 e. The first-order chi connectivity index (χ1) is 10.7. The maximum absolute atomic E-state index is 11.7. The van der Waals surface area contributed by atoms with Crippen LogP contribution < -0.4 is 11.2 Å². The summed E-state index contributed by atoms with van der Waals surface area (Å²) in [4.78, 5) is 39.5. The van der Waals surface area contributed by atoms with Gasteiger partial charge in [0.2, 0.25) is 5.88 Å². The van der Waals surface area contributed by atoms with E-state index in [0.29, 0.717) is 11.1 Å². The maximum atomic E-state index is 11.7. The van der Waals surface area contributed by atoms with Crippen molar-refractivity contribution in [3.05, 3.63) is 59.8 Å². The van der Waals surface area contributed by atoms with Crippen LogP contribution in [0.1, 0.15) is 16.7 Å². The van der Waals surface area contributed by atoms with Crippen molar-refractivity contribution < 1.29 is 10.0 Å². The zero-order valence-corrected chi connectivity index (χ0v) is 12.7. The Morgan fingerprint density at radius 3 is 2.61 bits per heavy atom. The van der Waals surface area contributed by atoms with E-state index in [4.69, 9.17) is 0 Å². The molecule has 120 valence electrons. The number of aromatic nitrogens is 2. The first kappa shape index (κ1) is 16.1. The molecule has 0 saturated heterocycles. The van der Waals surface area contributed by atoms with Gasteiger partial charge in [0.25, 0.3) is 11.2 Å². The number of aromatic hydroxyl groups is 1. The SMILES string of the molecule is Cc1cc(N=Cc2c(O)n(C)c(=O)[nH]c2=O)cc([N+](=O)[O-])c1C. The molecule has 0 spiro atoms. The van der Waals surface area contributed by atoms with Crippen molar-refractivity contribution in [2.45, 2.75) is 13.8 Å². The van der Waals surface area contributed by atoms with E-state index in [9.17, 15) is 24.8 Å². The first-order valence-electron chi connectivity index (χ1n) is 6.54. The number of rotatable bonds is 3. The molecule has 0 aliphatic rings. The number of H-pyrrole nitrogens is 1. The van der Waals surface area contributed by atoms with Crippen LogP contribution in [-0.2, 0) is 7.05 Å². The lowest BCUT2D eigenvalue weighted by Crippen LogP contribution is -2.30. The number of hydrogen-bond donors (Lipinski definition) is 2. The van der Waals surface area contributed by atoms with Gasteiger partial charge in [0.05, 0.1) is 10.6 Å². The lowest BCUT2D eigenvalue weighted by atomic mass is 10.1. The Kier molecular flexibility index (Phi) is 4.12. The summed E-state index contributed by atoms with van der Waals surface area (Å²) >= 11 is 0. The minimum atomic E-state index is -0.798. The second kappa shape index (κ2) is 5.87. The Balaban J connectivity index is 2.55. The molecule has 2 N–H and O–H groups in total. The minimum absolute atomic E-state index is 0.0873. The summed E-state index contributed by atoms with van der Waals surface area (Å²) in [7, 11) is 1.28. The normalized spacial score (nSPS) is 11.1. The number of nitrogens with one attached hydrogen (secondary N) is 1. The number of nitro benzene ring substituents is 1. The standard InChI is InChI=1S/C14H14N4O5/c1-7-4-9(5-11(8(7)2)18(22)23)15-6-10-12(19)16-14(21)17(3)13(10)20/h4-6,20H,1-3H3,(H,16,19,21). The highest BCUT2D eigenvalue weighted by molar-refractivity contribution is 5.84. The quantitative estimate of drug-likeness (QED) is 0.496. The number of aryl methyl sites for hydroxylation is 1. The molecule has 9 nitrogen and oxygen atoms in total. The molecule has 0 amide bonds. The largest absolute Gasteiger partial charge is 0.494 e. The van der Waals surface area contributed by atoms with Crippen molar-refractivity contribution in [2.75, 3.05) is 0 Å². The van der Waals surface area contributed by atoms with E-state index < -0.39 is 22.1 Å². The molecule has 9 heteroatoms. The molecule has 0 bridgehead atoms. The van der Waals surface area contributed by atoms with Crippen molar-refractivity contribution in [3.8, 4) is 5.88 Å². The Morgan fingerprint density at radius 2 is 2.00 bits per heavy atom. The first-order valence-corrected chi connectivity index (χ1v) is 6.54. The minimum Gasteiger partial charge on any atom is -0.494 e. The smallest absolute Gasteiger partial charge is 0.330 e. The molecule has 1 heterocycles. The second-order valence-electron chi connectivity index (χ2n) is 4.98. The molecule has 0 unspecified atom stereocenters. The van der Waals surface area contributed by atoms with Gasteiger partial charge < -0.3 is 5.11 Å². The van der Waals surface area contributed by atoms with E-state index in [0.717, 1.165) is 10.8 Å². The molecular formula is C14H14N4O5. The summed E-state index contributed by atoms with van der Waals surface area (Å²) < 4.78 is 0.853. The van der Waals surface area contributed by atoms with Crippen molar-refractivity contribution in [1.29, 1.82) is 0 Å². The number of hydrogen-bond acceptors (Lipinski definition) is 6. The topological polar surface area (TPSA) is 131 Å². The third-order valence-corrected chi connectivity index (χ3v) is 3.49. The third kappa shape index (κ3) is 3.03. The van der Waals surface area contributed by atoms with Gasteiger partial charge in [0.15, 0.2) is 0 Å². The van der Waals surface area contributed by atoms with E-state index in [1.807, 2.05) is 4.98 Å². The van der Waals surface area contributed by atoms with Crippen molar-refractivity contribution in [2.24, 2.45) is 12.0 Å². The number of nitro groups is 1. The molecule has 0 aliphatic carbocycles. The van der Waals surface area contributed by atoms with Gasteiger partial charge in [0, 0.05) is 24.9 Å². The van der Waals surface area contributed by atoms with Crippen LogP contribution in [0.3, 0.4) is 0 Å². The van der Waals surface area contributed by atoms with Gasteiger partial charge in [0.1, 0.15) is 5.56 Å². The Morgan fingerprint density at radius 1 is 1.35 bits per heavy atom. The second-order valence-corrected chi connectivity index (χ2v) is 4.98. The van der Waals surface area contributed by atoms with Gasteiger partial charge in [-0.2, -0.15) is 0 Å². The van der Waals surface area contributed by atoms with Gasteiger partial charge in [-0.15, -0.1) is 0 Å². The number of aromatic amines is 1. The Bertz CT molecular complexity index is 939. The average molecular weight is 318 g/mol. The number of aliphatic imine (C=N–C) groups is 1. The summed E-state index contributed by atoms with van der Waals surface area (Å²) in [6.07, 6.45) is 1.06. The molecule has 0 saturated carbocycles. The van der Waals surface area contributed by atoms with Crippen LogP contribution in [0.25, 0.3) is 0 Å². The fourth-order valence-corrected chi connectivity index (χ4v) is 1.97. The molecule has 1 aromatic heterocycles. The van der Waals surface area contributed by atoms with E-state index in [2.05, 4.69) is 4.99 Å². The van der Waals surface area contributed by atoms with E-state index in [1.165, 1.54) is 13.1 Å². The van der Waals surface area contributed by atoms with Crippen LogP contribution in [0.5, 0.6) is 5.88 Å². The molecule has 0 aliphatic heterocycles. The highest BCUT2D eigenvalue weighted by Crippen LogP contribution is 2.27. The van der Waals surface area contributed by atoms with E-state index in [-0.39, 0.29) is 16.9 Å². The van der Waals surface area contributed by atoms with Crippen molar-refractivity contribution in [1.82, 2.24) is 9.55 Å². The predicted octanol–water partition coefficient (Wildman–Crippen LogP) is 1.05. The molecule has 0 fully saturated rings. The molecule has 1 aromatic carbocycles. The molecule has 0 radical (unpaired) electrons. The number of benzene rings is 1. The third-order valence-electron chi connectivity index (χ3n) is 3.49. The Labute approximate surface area is 129 Å². The van der Waals surface area contributed by atoms with Crippen LogP contribution in [0, 0.1) is 24.0 Å². The highest BCUT2D eigenvalue weighted by Gasteiger charge is 2.14. The van der Waals surface area contributed by atoms with Crippen LogP contribution in [0.15, 0.2) is 26.7 Å². The summed E-state index contributed by atoms with van der Waals surface area (Å²) in [5, 5.41) is 20.8. The number of nitrogens with zero attached hydrogens (tertiary/aromatic N) is 3. The average Bonchev–Trinajstić information content (AvgIpc) is 2.47. The zero-order valence-electron chi connectivity index (χ0n) is 12.7. The van der Waals surface area contributed by atoms with E-state index in [1.54, 1.807) is 19.9 Å². The lowest BCUT2D eigenvalue weighted by molar-refractivity contribution is -0.385. The van der Waals surface area contributed by atoms with Gasteiger partial charge in [-0.3, -0.25) is 29.5 Å². The highest BCUT2D eigenvalue weighted by atomic mass is 16.6. The molecule has 0 atom stereocenters. The summed E-state index contributed by atoms with van der Waals surface area (Å²) in [6, 6.07) is 2.89. The van der Waals surface area contributed by atoms with Gasteiger partial charge in [-0.1, -0.05) is 0 Å². The summed E-state index contributed by atoms with van der Waals surface area (Å²) in [5.41, 5.74) is -0.406.